The molecule has 1 atom stereocenters. The Balaban J connectivity index is 1.68. The second kappa shape index (κ2) is 8.65. The number of aliphatic hydroxyl groups is 1. The van der Waals surface area contributed by atoms with Crippen LogP contribution in [0.2, 0.25) is 0 Å². The zero-order valence-electron chi connectivity index (χ0n) is 12.9. The van der Waals surface area contributed by atoms with Crippen molar-refractivity contribution in [2.45, 2.75) is 6.10 Å². The van der Waals surface area contributed by atoms with Crippen LogP contribution in [-0.2, 0) is 0 Å². The van der Waals surface area contributed by atoms with Crippen LogP contribution in [0.3, 0.4) is 0 Å². The molecule has 23 heavy (non-hydrogen) atoms. The number of amides is 2. The zero-order valence-corrected chi connectivity index (χ0v) is 12.9. The fourth-order valence-electron chi connectivity index (χ4n) is 1.83. The van der Waals surface area contributed by atoms with Gasteiger partial charge in [0.25, 0.3) is 0 Å². The van der Waals surface area contributed by atoms with Crippen LogP contribution in [0.4, 0.5) is 10.5 Å². The summed E-state index contributed by atoms with van der Waals surface area (Å²) in [5.41, 5.74) is 0.637. The molecule has 122 valence electrons. The molecule has 2 rings (SSSR count). The van der Waals surface area contributed by atoms with Crippen LogP contribution in [-0.4, -0.2) is 37.5 Å². The molecule has 0 heterocycles. The van der Waals surface area contributed by atoms with E-state index in [0.717, 1.165) is 0 Å². The van der Waals surface area contributed by atoms with Crippen molar-refractivity contribution in [1.29, 1.82) is 0 Å². The molecule has 6 heteroatoms. The van der Waals surface area contributed by atoms with Crippen LogP contribution >= 0.6 is 0 Å². The minimum absolute atomic E-state index is 0.0921. The number of carbonyl (C=O) groups is 1. The molecule has 0 fully saturated rings. The third-order valence-electron chi connectivity index (χ3n) is 3.03. The molecular formula is C17H20N2O4. The van der Waals surface area contributed by atoms with E-state index in [2.05, 4.69) is 10.6 Å². The normalized spacial score (nSPS) is 11.4. The topological polar surface area (TPSA) is 79.8 Å². The molecule has 2 amide bonds. The van der Waals surface area contributed by atoms with Gasteiger partial charge in [-0.3, -0.25) is 0 Å². The largest absolute Gasteiger partial charge is 0.497 e. The van der Waals surface area contributed by atoms with Crippen molar-refractivity contribution in [2.24, 2.45) is 0 Å². The van der Waals surface area contributed by atoms with Gasteiger partial charge in [-0.15, -0.1) is 0 Å². The van der Waals surface area contributed by atoms with E-state index in [-0.39, 0.29) is 13.2 Å². The summed E-state index contributed by atoms with van der Waals surface area (Å²) in [6.07, 6.45) is -0.795. The number of benzene rings is 2. The highest BCUT2D eigenvalue weighted by Gasteiger charge is 2.08. The summed E-state index contributed by atoms with van der Waals surface area (Å²) in [5, 5.41) is 15.1. The average Bonchev–Trinajstić information content (AvgIpc) is 2.60. The molecule has 0 spiro atoms. The number of carbonyl (C=O) groups excluding carboxylic acids is 1. The Bertz CT molecular complexity index is 602. The number of aliphatic hydroxyl groups excluding tert-OH is 1. The smallest absolute Gasteiger partial charge is 0.319 e. The third-order valence-corrected chi connectivity index (χ3v) is 3.03. The lowest BCUT2D eigenvalue weighted by molar-refractivity contribution is 0.108. The number of rotatable bonds is 7. The van der Waals surface area contributed by atoms with Gasteiger partial charge >= 0.3 is 6.03 Å². The molecular weight excluding hydrogens is 296 g/mol. The molecule has 0 aliphatic heterocycles. The highest BCUT2D eigenvalue weighted by atomic mass is 16.5. The van der Waals surface area contributed by atoms with Crippen molar-refractivity contribution in [3.63, 3.8) is 0 Å². The van der Waals surface area contributed by atoms with Crippen LogP contribution in [0.25, 0.3) is 0 Å². The maximum Gasteiger partial charge on any atom is 0.319 e. The molecule has 0 aliphatic carbocycles. The first-order valence-corrected chi connectivity index (χ1v) is 7.22. The van der Waals surface area contributed by atoms with E-state index >= 15 is 0 Å². The van der Waals surface area contributed by atoms with Gasteiger partial charge in [0.05, 0.1) is 7.11 Å². The van der Waals surface area contributed by atoms with Crippen LogP contribution in [0.15, 0.2) is 54.6 Å². The number of para-hydroxylation sites is 1. The van der Waals surface area contributed by atoms with Crippen LogP contribution < -0.4 is 20.1 Å². The van der Waals surface area contributed by atoms with Crippen LogP contribution in [0.1, 0.15) is 0 Å². The third kappa shape index (κ3) is 5.88. The summed E-state index contributed by atoms with van der Waals surface area (Å²) in [4.78, 5) is 11.7. The number of nitrogens with one attached hydrogen (secondary N) is 2. The highest BCUT2D eigenvalue weighted by molar-refractivity contribution is 5.89. The summed E-state index contributed by atoms with van der Waals surface area (Å²) in [6, 6.07) is 15.7. The van der Waals surface area contributed by atoms with E-state index in [1.165, 1.54) is 0 Å². The molecule has 0 radical (unpaired) electrons. The SMILES string of the molecule is COc1ccc(NC(=O)NC[C@H](O)COc2ccccc2)cc1. The van der Waals surface area contributed by atoms with Gasteiger partial charge in [-0.2, -0.15) is 0 Å². The molecule has 0 saturated heterocycles. The monoisotopic (exact) mass is 316 g/mol. The van der Waals surface area contributed by atoms with E-state index in [0.29, 0.717) is 17.2 Å². The Kier molecular flexibility index (Phi) is 6.26. The predicted molar refractivity (Wildman–Crippen MR) is 88.0 cm³/mol. The number of ether oxygens (including phenoxy) is 2. The van der Waals surface area contributed by atoms with E-state index in [1.54, 1.807) is 43.5 Å². The summed E-state index contributed by atoms with van der Waals surface area (Å²) >= 11 is 0. The molecule has 0 aromatic heterocycles. The van der Waals surface area contributed by atoms with E-state index < -0.39 is 12.1 Å². The minimum Gasteiger partial charge on any atom is -0.497 e. The van der Waals surface area contributed by atoms with Crippen molar-refractivity contribution in [2.75, 3.05) is 25.6 Å². The van der Waals surface area contributed by atoms with Crippen LogP contribution in [0, 0.1) is 0 Å². The minimum atomic E-state index is -0.795. The fourth-order valence-corrected chi connectivity index (χ4v) is 1.83. The lowest BCUT2D eigenvalue weighted by Gasteiger charge is -2.14. The summed E-state index contributed by atoms with van der Waals surface area (Å²) in [5.74, 6) is 1.39. The second-order valence-electron chi connectivity index (χ2n) is 4.84. The van der Waals surface area contributed by atoms with Gasteiger partial charge in [0.15, 0.2) is 0 Å². The van der Waals surface area contributed by atoms with Gasteiger partial charge in [0.2, 0.25) is 0 Å². The lowest BCUT2D eigenvalue weighted by atomic mass is 10.3. The van der Waals surface area contributed by atoms with Gasteiger partial charge in [-0.25, -0.2) is 4.79 Å². The van der Waals surface area contributed by atoms with Gasteiger partial charge < -0.3 is 25.2 Å². The predicted octanol–water partition coefficient (Wildman–Crippen LogP) is 2.26. The molecule has 0 unspecified atom stereocenters. The van der Waals surface area contributed by atoms with Gasteiger partial charge in [0, 0.05) is 12.2 Å². The van der Waals surface area contributed by atoms with E-state index in [4.69, 9.17) is 9.47 Å². The van der Waals surface area contributed by atoms with Crippen molar-refractivity contribution in [3.8, 4) is 11.5 Å². The van der Waals surface area contributed by atoms with Gasteiger partial charge in [0.1, 0.15) is 24.2 Å². The summed E-state index contributed by atoms with van der Waals surface area (Å²) in [7, 11) is 1.58. The van der Waals surface area contributed by atoms with Gasteiger partial charge in [-0.05, 0) is 36.4 Å². The van der Waals surface area contributed by atoms with Crippen molar-refractivity contribution in [3.05, 3.63) is 54.6 Å². The number of urea groups is 1. The maximum absolute atomic E-state index is 11.7. The van der Waals surface area contributed by atoms with Crippen molar-refractivity contribution >= 4 is 11.7 Å². The molecule has 6 nitrogen and oxygen atoms in total. The van der Waals surface area contributed by atoms with Crippen molar-refractivity contribution < 1.29 is 19.4 Å². The Hall–Kier alpha value is -2.73. The van der Waals surface area contributed by atoms with Crippen molar-refractivity contribution in [1.82, 2.24) is 5.32 Å². The fraction of sp³-hybridized carbons (Fsp3) is 0.235. The Morgan fingerprint density at radius 2 is 1.78 bits per heavy atom. The molecule has 0 saturated carbocycles. The molecule has 0 bridgehead atoms. The first-order valence-electron chi connectivity index (χ1n) is 7.22. The highest BCUT2D eigenvalue weighted by Crippen LogP contribution is 2.14. The Morgan fingerprint density at radius 1 is 1.09 bits per heavy atom. The first kappa shape index (κ1) is 16.6. The lowest BCUT2D eigenvalue weighted by Crippen LogP contribution is -2.37. The number of anilines is 1. The zero-order chi connectivity index (χ0) is 16.5. The standard InChI is InChI=1S/C17H20N2O4/c1-22-15-9-7-13(8-10-15)19-17(21)18-11-14(20)12-23-16-5-3-2-4-6-16/h2-10,14,20H,11-12H2,1H3,(H2,18,19,21)/t14-/m0/s1. The maximum atomic E-state index is 11.7. The first-order chi connectivity index (χ1) is 11.2. The number of hydrogen-bond donors (Lipinski definition) is 3. The number of hydrogen-bond acceptors (Lipinski definition) is 4. The summed E-state index contributed by atoms with van der Waals surface area (Å²) < 4.78 is 10.4. The average molecular weight is 316 g/mol. The van der Waals surface area contributed by atoms with Gasteiger partial charge in [-0.1, -0.05) is 18.2 Å². The molecule has 2 aromatic carbocycles. The number of methoxy groups -OCH3 is 1. The Labute approximate surface area is 135 Å². The summed E-state index contributed by atoms with van der Waals surface area (Å²) in [6.45, 7) is 0.196. The molecule has 2 aromatic rings. The van der Waals surface area contributed by atoms with E-state index in [1.807, 2.05) is 18.2 Å². The molecule has 0 aliphatic rings. The van der Waals surface area contributed by atoms with E-state index in [9.17, 15) is 9.90 Å². The molecule has 3 N–H and O–H groups in total. The van der Waals surface area contributed by atoms with Crippen LogP contribution in [0.5, 0.6) is 11.5 Å². The second-order valence-corrected chi connectivity index (χ2v) is 4.84. The Morgan fingerprint density at radius 3 is 2.43 bits per heavy atom. The quantitative estimate of drug-likeness (QED) is 0.732.